The van der Waals surface area contributed by atoms with E-state index in [1.54, 1.807) is 12.0 Å². The van der Waals surface area contributed by atoms with E-state index in [0.29, 0.717) is 36.6 Å². The van der Waals surface area contributed by atoms with E-state index < -0.39 is 56.2 Å². The van der Waals surface area contributed by atoms with E-state index in [9.17, 15) is 22.8 Å². The first-order valence-electron chi connectivity index (χ1n) is 20.6. The van der Waals surface area contributed by atoms with E-state index in [2.05, 4.69) is 29.2 Å². The van der Waals surface area contributed by atoms with Crippen molar-refractivity contribution in [3.63, 3.8) is 0 Å². The molecule has 0 radical (unpaired) electrons. The number of fused-ring (bicyclic) bond motifs is 1. The Morgan fingerprint density at radius 3 is 2.36 bits per heavy atom. The van der Waals surface area contributed by atoms with Crippen LogP contribution in [0.5, 0.6) is 11.6 Å². The van der Waals surface area contributed by atoms with Crippen LogP contribution in [-0.4, -0.2) is 83.6 Å². The number of benzene rings is 2. The first-order valence-corrected chi connectivity index (χ1v) is 23.0. The number of amides is 3. The smallest absolute Gasteiger partial charge is 0.259 e. The number of carbonyl (C=O) groups excluding carboxylic acids is 3. The second-order valence-electron chi connectivity index (χ2n) is 18.1. The van der Waals surface area contributed by atoms with Gasteiger partial charge in [0.25, 0.3) is 5.91 Å². The van der Waals surface area contributed by atoms with Gasteiger partial charge in [0.05, 0.1) is 24.6 Å². The molecule has 3 amide bonds. The maximum Gasteiger partial charge on any atom is 0.259 e. The van der Waals surface area contributed by atoms with Gasteiger partial charge >= 0.3 is 0 Å². The summed E-state index contributed by atoms with van der Waals surface area (Å²) in [5.41, 5.74) is 1.31. The number of thiazole rings is 1. The third-order valence-corrected chi connectivity index (χ3v) is 14.9. The van der Waals surface area contributed by atoms with Crippen molar-refractivity contribution >= 4 is 55.5 Å². The molecule has 15 heteroatoms. The van der Waals surface area contributed by atoms with Gasteiger partial charge in [-0.3, -0.25) is 19.1 Å². The molecule has 4 aromatic rings. The number of hydrogen-bond acceptors (Lipinski definition) is 11. The summed E-state index contributed by atoms with van der Waals surface area (Å²) < 4.78 is 40.7. The number of sulfonamides is 1. The lowest BCUT2D eigenvalue weighted by molar-refractivity contribution is -0.141. The highest BCUT2D eigenvalue weighted by molar-refractivity contribution is 7.91. The van der Waals surface area contributed by atoms with E-state index in [1.807, 2.05) is 81.6 Å². The van der Waals surface area contributed by atoms with Gasteiger partial charge in [-0.05, 0) is 103 Å². The van der Waals surface area contributed by atoms with Crippen LogP contribution < -0.4 is 24.8 Å². The summed E-state index contributed by atoms with van der Waals surface area (Å²) in [7, 11) is -2.22. The average Bonchev–Trinajstić information content (AvgIpc) is 4.13. The number of aromatic nitrogens is 2. The molecule has 13 nitrogen and oxygen atoms in total. The summed E-state index contributed by atoms with van der Waals surface area (Å²) in [6.07, 6.45) is 2.63. The largest absolute Gasteiger partial charge is 0.496 e. The minimum absolute atomic E-state index is 0.0680. The topological polar surface area (TPSA) is 169 Å². The number of aryl methyl sites for hydroxylation is 1. The number of pyridine rings is 1. The molecule has 3 aliphatic carbocycles. The van der Waals surface area contributed by atoms with E-state index >= 15 is 0 Å². The van der Waals surface area contributed by atoms with Crippen LogP contribution in [0.2, 0.25) is 0 Å². The number of hydrogen-bond donors (Lipinski definition) is 3. The Morgan fingerprint density at radius 2 is 1.73 bits per heavy atom. The molecule has 1 aliphatic heterocycles. The molecule has 3 heterocycles. The Kier molecular flexibility index (Phi) is 10.7. The van der Waals surface area contributed by atoms with Crippen molar-refractivity contribution in [1.29, 1.82) is 0 Å². The molecule has 4 aliphatic rings. The summed E-state index contributed by atoms with van der Waals surface area (Å²) in [5, 5.41) is 10.3. The molecule has 2 aromatic carbocycles. The summed E-state index contributed by atoms with van der Waals surface area (Å²) >= 11 is 1.51. The van der Waals surface area contributed by atoms with Gasteiger partial charge in [-0.2, -0.15) is 0 Å². The van der Waals surface area contributed by atoms with Crippen LogP contribution in [0.3, 0.4) is 0 Å². The zero-order chi connectivity index (χ0) is 42.0. The van der Waals surface area contributed by atoms with Crippen LogP contribution in [0.1, 0.15) is 90.3 Å². The Labute approximate surface area is 350 Å². The molecule has 5 atom stereocenters. The molecule has 2 aromatic heterocycles. The molecular formula is C44H54N6O7S2. The number of nitrogens with zero attached hydrogens (tertiary/aromatic N) is 3. The van der Waals surface area contributed by atoms with Gasteiger partial charge in [-0.15, -0.1) is 11.3 Å². The number of para-hydroxylation sites is 1. The van der Waals surface area contributed by atoms with Crippen molar-refractivity contribution in [2.24, 2.45) is 17.3 Å². The second kappa shape index (κ2) is 15.4. The Morgan fingerprint density at radius 1 is 1.00 bits per heavy atom. The van der Waals surface area contributed by atoms with Gasteiger partial charge in [0.1, 0.15) is 40.2 Å². The number of likely N-dealkylation sites (tertiary alicyclic amines) is 1. The third kappa shape index (κ3) is 8.24. The SMILES string of the molecule is COc1ccc2c(OC3CC(C(=O)NC4(C(=O)NS(=O)(=O)C5CC5)CC4C4CC4)N(C(=O)C(Nc4ccccc4)C(C)(C)C)C3)nc(-c3nc(C(C)C)cs3)cc2c1C. The molecule has 5 unspecified atom stereocenters. The summed E-state index contributed by atoms with van der Waals surface area (Å²) in [6, 6.07) is 13.5. The number of methoxy groups -OCH3 is 1. The first-order chi connectivity index (χ1) is 28.0. The van der Waals surface area contributed by atoms with Gasteiger partial charge in [0.15, 0.2) is 0 Å². The van der Waals surface area contributed by atoms with Crippen LogP contribution in [0.25, 0.3) is 21.5 Å². The maximum absolute atomic E-state index is 14.9. The lowest BCUT2D eigenvalue weighted by Gasteiger charge is -2.36. The zero-order valence-corrected chi connectivity index (χ0v) is 36.3. The highest BCUT2D eigenvalue weighted by atomic mass is 32.2. The fourth-order valence-electron chi connectivity index (χ4n) is 8.36. The highest BCUT2D eigenvalue weighted by Gasteiger charge is 2.67. The molecular weight excluding hydrogens is 789 g/mol. The highest BCUT2D eigenvalue weighted by Crippen LogP contribution is 2.57. The van der Waals surface area contributed by atoms with Crippen molar-refractivity contribution < 1.29 is 32.3 Å². The van der Waals surface area contributed by atoms with Gasteiger partial charge in [0, 0.05) is 22.9 Å². The standard InChI is InChI=1S/C44H54N6O7S2/c1-24(2)34-23-58-40(47-34)33-20-31-25(3)36(56-7)18-17-30(31)39(46-33)57-28-19-35(50(22-28)41(52)37(43(4,5)6)45-27-11-9-8-10-12-27)38(51)48-44(21-32(44)26-13-14-26)42(53)49-59(54,55)29-15-16-29/h8-12,17-18,20,23-24,26,28-29,32,35,37,45H,13-16,19,21-22H2,1-7H3,(H,48,51)(H,49,53). The normalized spacial score (nSPS) is 23.5. The molecule has 1 saturated heterocycles. The second-order valence-corrected chi connectivity index (χ2v) is 20.9. The maximum atomic E-state index is 14.9. The molecule has 0 bridgehead atoms. The molecule has 314 valence electrons. The summed E-state index contributed by atoms with van der Waals surface area (Å²) in [6.45, 7) is 12.1. The predicted molar refractivity (Wildman–Crippen MR) is 228 cm³/mol. The van der Waals surface area contributed by atoms with Gasteiger partial charge in [-0.1, -0.05) is 52.8 Å². The van der Waals surface area contributed by atoms with Crippen molar-refractivity contribution in [2.75, 3.05) is 19.0 Å². The average molecular weight is 843 g/mol. The number of anilines is 1. The Hall–Kier alpha value is -4.76. The lowest BCUT2D eigenvalue weighted by atomic mass is 9.85. The van der Waals surface area contributed by atoms with Crippen molar-refractivity contribution in [1.82, 2.24) is 24.9 Å². The number of carbonyl (C=O) groups is 3. The van der Waals surface area contributed by atoms with Crippen LogP contribution in [0, 0.1) is 24.2 Å². The first kappa shape index (κ1) is 41.0. The van der Waals surface area contributed by atoms with Crippen molar-refractivity contribution in [3.8, 4) is 22.3 Å². The third-order valence-electron chi connectivity index (χ3n) is 12.2. The van der Waals surface area contributed by atoms with Gasteiger partial charge in [-0.25, -0.2) is 18.4 Å². The molecule has 4 fully saturated rings. The van der Waals surface area contributed by atoms with Gasteiger partial charge in [0.2, 0.25) is 27.7 Å². The zero-order valence-electron chi connectivity index (χ0n) is 34.7. The Bertz CT molecular complexity index is 2390. The van der Waals surface area contributed by atoms with E-state index in [4.69, 9.17) is 19.4 Å². The molecule has 3 saturated carbocycles. The molecule has 8 rings (SSSR count). The van der Waals surface area contributed by atoms with Gasteiger partial charge < -0.3 is 25.0 Å². The van der Waals surface area contributed by atoms with Crippen molar-refractivity contribution in [3.05, 3.63) is 65.2 Å². The van der Waals surface area contributed by atoms with Crippen LogP contribution in [0.15, 0.2) is 53.9 Å². The quantitative estimate of drug-likeness (QED) is 0.126. The number of ether oxygens (including phenoxy) is 2. The lowest BCUT2D eigenvalue weighted by Crippen LogP contribution is -2.58. The fraction of sp³-hybridized carbons (Fsp3) is 0.523. The van der Waals surface area contributed by atoms with Crippen LogP contribution in [0.4, 0.5) is 5.69 Å². The number of nitrogens with one attached hydrogen (secondary N) is 3. The van der Waals surface area contributed by atoms with E-state index in [-0.39, 0.29) is 36.6 Å². The van der Waals surface area contributed by atoms with Crippen LogP contribution >= 0.6 is 11.3 Å². The molecule has 3 N–H and O–H groups in total. The summed E-state index contributed by atoms with van der Waals surface area (Å²) in [4.78, 5) is 55.0. The monoisotopic (exact) mass is 842 g/mol. The van der Waals surface area contributed by atoms with E-state index in [1.165, 1.54) is 11.3 Å². The number of rotatable bonds is 14. The summed E-state index contributed by atoms with van der Waals surface area (Å²) in [5.74, 6) is -0.175. The molecule has 0 spiro atoms. The minimum Gasteiger partial charge on any atom is -0.496 e. The fourth-order valence-corrected chi connectivity index (χ4v) is 10.7. The van der Waals surface area contributed by atoms with Crippen molar-refractivity contribution in [2.45, 2.75) is 115 Å². The van der Waals surface area contributed by atoms with Crippen LogP contribution in [-0.2, 0) is 24.4 Å². The van der Waals surface area contributed by atoms with E-state index in [0.717, 1.165) is 45.6 Å². The minimum atomic E-state index is -3.85. The molecule has 59 heavy (non-hydrogen) atoms. The predicted octanol–water partition coefficient (Wildman–Crippen LogP) is 6.57. The Balaban J connectivity index is 1.14.